The number of piperazine rings is 1. The second-order valence-corrected chi connectivity index (χ2v) is 7.98. The molecule has 30 heavy (non-hydrogen) atoms. The van der Waals surface area contributed by atoms with E-state index in [0.717, 1.165) is 62.2 Å². The summed E-state index contributed by atoms with van der Waals surface area (Å²) in [6.07, 6.45) is 3.30. The van der Waals surface area contributed by atoms with Crippen molar-refractivity contribution in [1.29, 1.82) is 0 Å². The van der Waals surface area contributed by atoms with Crippen LogP contribution in [0, 0.1) is 0 Å². The minimum Gasteiger partial charge on any atom is -0.468 e. The van der Waals surface area contributed by atoms with Gasteiger partial charge in [-0.05, 0) is 50.1 Å². The zero-order valence-electron chi connectivity index (χ0n) is 17.9. The summed E-state index contributed by atoms with van der Waals surface area (Å²) in [7, 11) is 3.72. The third-order valence-corrected chi connectivity index (χ3v) is 5.86. The van der Waals surface area contributed by atoms with E-state index in [2.05, 4.69) is 58.2 Å². The van der Waals surface area contributed by atoms with Crippen molar-refractivity contribution in [3.05, 3.63) is 54.1 Å². The van der Waals surface area contributed by atoms with Crippen molar-refractivity contribution in [3.8, 4) is 6.01 Å². The maximum absolute atomic E-state index is 13.0. The molecule has 0 N–H and O–H groups in total. The van der Waals surface area contributed by atoms with Gasteiger partial charge in [-0.15, -0.1) is 0 Å². The SMILES string of the molecule is COc1nc2cc(N3CCN(C)CC3)ccc2n1C(=O)CCCCc1ccccc1. The maximum Gasteiger partial charge on any atom is 0.304 e. The third-order valence-electron chi connectivity index (χ3n) is 5.86. The van der Waals surface area contributed by atoms with Crippen molar-refractivity contribution in [2.45, 2.75) is 25.7 Å². The van der Waals surface area contributed by atoms with E-state index in [1.807, 2.05) is 12.1 Å². The molecule has 6 nitrogen and oxygen atoms in total. The van der Waals surface area contributed by atoms with Gasteiger partial charge < -0.3 is 14.5 Å². The van der Waals surface area contributed by atoms with Gasteiger partial charge in [-0.2, -0.15) is 4.98 Å². The smallest absolute Gasteiger partial charge is 0.304 e. The highest BCUT2D eigenvalue weighted by molar-refractivity contribution is 5.93. The van der Waals surface area contributed by atoms with E-state index in [0.29, 0.717) is 12.4 Å². The van der Waals surface area contributed by atoms with Crippen LogP contribution in [0.2, 0.25) is 0 Å². The van der Waals surface area contributed by atoms with Crippen LogP contribution >= 0.6 is 0 Å². The molecular formula is C24H30N4O2. The average molecular weight is 407 g/mol. The van der Waals surface area contributed by atoms with Crippen LogP contribution in [0.15, 0.2) is 48.5 Å². The Labute approximate surface area is 178 Å². The molecule has 0 atom stereocenters. The van der Waals surface area contributed by atoms with Crippen LogP contribution in [0.3, 0.4) is 0 Å². The molecule has 1 aliphatic heterocycles. The summed E-state index contributed by atoms with van der Waals surface area (Å²) in [5.41, 5.74) is 4.09. The highest BCUT2D eigenvalue weighted by atomic mass is 16.5. The van der Waals surface area contributed by atoms with E-state index in [1.54, 1.807) is 11.7 Å². The Kier molecular flexibility index (Phi) is 6.33. The van der Waals surface area contributed by atoms with Crippen LogP contribution in [-0.2, 0) is 6.42 Å². The number of fused-ring (bicyclic) bond motifs is 1. The standard InChI is InChI=1S/C24H30N4O2/c1-26-14-16-27(17-15-26)20-12-13-22-21(18-20)25-24(30-2)28(22)23(29)11-7-6-10-19-8-4-3-5-9-19/h3-5,8-9,12-13,18H,6-7,10-11,14-17H2,1-2H3. The second-order valence-electron chi connectivity index (χ2n) is 7.98. The summed E-state index contributed by atoms with van der Waals surface area (Å²) in [4.78, 5) is 22.2. The number of aromatic nitrogens is 2. The van der Waals surface area contributed by atoms with Gasteiger partial charge in [0.1, 0.15) is 0 Å². The number of anilines is 1. The van der Waals surface area contributed by atoms with Crippen LogP contribution < -0.4 is 9.64 Å². The topological polar surface area (TPSA) is 50.6 Å². The van der Waals surface area contributed by atoms with Crippen molar-refractivity contribution in [2.24, 2.45) is 0 Å². The van der Waals surface area contributed by atoms with E-state index in [9.17, 15) is 4.79 Å². The molecule has 1 aliphatic rings. The highest BCUT2D eigenvalue weighted by Crippen LogP contribution is 2.27. The van der Waals surface area contributed by atoms with E-state index >= 15 is 0 Å². The van der Waals surface area contributed by atoms with Gasteiger partial charge in [-0.1, -0.05) is 30.3 Å². The van der Waals surface area contributed by atoms with Gasteiger partial charge in [-0.3, -0.25) is 4.79 Å². The van der Waals surface area contributed by atoms with E-state index in [1.165, 1.54) is 5.56 Å². The number of hydrogen-bond acceptors (Lipinski definition) is 5. The van der Waals surface area contributed by atoms with Crippen molar-refractivity contribution >= 4 is 22.6 Å². The number of ether oxygens (including phenoxy) is 1. The largest absolute Gasteiger partial charge is 0.468 e. The number of benzene rings is 2. The summed E-state index contributed by atoms with van der Waals surface area (Å²) in [6, 6.07) is 16.9. The molecule has 0 aliphatic carbocycles. The lowest BCUT2D eigenvalue weighted by Gasteiger charge is -2.34. The molecule has 6 heteroatoms. The van der Waals surface area contributed by atoms with Crippen molar-refractivity contribution in [1.82, 2.24) is 14.5 Å². The van der Waals surface area contributed by atoms with Crippen LogP contribution in [0.4, 0.5) is 5.69 Å². The Morgan fingerprint density at radius 1 is 1.03 bits per heavy atom. The molecule has 0 radical (unpaired) electrons. The van der Waals surface area contributed by atoms with Crippen molar-refractivity contribution in [2.75, 3.05) is 45.2 Å². The van der Waals surface area contributed by atoms with Crippen LogP contribution in [0.25, 0.3) is 11.0 Å². The molecule has 3 aromatic rings. The van der Waals surface area contributed by atoms with Gasteiger partial charge in [0, 0.05) is 38.3 Å². The predicted octanol–water partition coefficient (Wildman–Crippen LogP) is 3.85. The molecule has 2 aromatic carbocycles. The number of unbranched alkanes of at least 4 members (excludes halogenated alkanes) is 1. The molecule has 0 unspecified atom stereocenters. The lowest BCUT2D eigenvalue weighted by Crippen LogP contribution is -2.44. The first kappa shape index (κ1) is 20.4. The fraction of sp³-hybridized carbons (Fsp3) is 0.417. The number of rotatable bonds is 7. The van der Waals surface area contributed by atoms with Crippen LogP contribution in [-0.4, -0.2) is 60.7 Å². The number of carbonyl (C=O) groups excluding carboxylic acids is 1. The molecule has 0 saturated carbocycles. The summed E-state index contributed by atoms with van der Waals surface area (Å²) in [6.45, 7) is 4.11. The number of carbonyl (C=O) groups is 1. The normalized spacial score (nSPS) is 14.9. The Balaban J connectivity index is 1.45. The van der Waals surface area contributed by atoms with E-state index < -0.39 is 0 Å². The quantitative estimate of drug-likeness (QED) is 0.558. The second kappa shape index (κ2) is 9.30. The highest BCUT2D eigenvalue weighted by Gasteiger charge is 2.20. The van der Waals surface area contributed by atoms with Crippen LogP contribution in [0.5, 0.6) is 6.01 Å². The lowest BCUT2D eigenvalue weighted by atomic mass is 10.1. The lowest BCUT2D eigenvalue weighted by molar-refractivity contribution is 0.0893. The van der Waals surface area contributed by atoms with E-state index in [-0.39, 0.29) is 5.91 Å². The van der Waals surface area contributed by atoms with Gasteiger partial charge in [0.25, 0.3) is 0 Å². The molecule has 1 saturated heterocycles. The molecule has 2 heterocycles. The molecule has 1 fully saturated rings. The minimum absolute atomic E-state index is 0.0368. The number of likely N-dealkylation sites (N-methyl/N-ethyl adjacent to an activating group) is 1. The molecular weight excluding hydrogens is 376 g/mol. The fourth-order valence-electron chi connectivity index (χ4n) is 4.05. The van der Waals surface area contributed by atoms with Gasteiger partial charge in [0.2, 0.25) is 5.91 Å². The fourth-order valence-corrected chi connectivity index (χ4v) is 4.05. The first-order valence-electron chi connectivity index (χ1n) is 10.7. The van der Waals surface area contributed by atoms with E-state index in [4.69, 9.17) is 4.74 Å². The molecule has 4 rings (SSSR count). The molecule has 158 valence electrons. The number of aryl methyl sites for hydroxylation is 1. The monoisotopic (exact) mass is 406 g/mol. The van der Waals surface area contributed by atoms with Gasteiger partial charge in [0.15, 0.2) is 0 Å². The third kappa shape index (κ3) is 4.49. The van der Waals surface area contributed by atoms with Crippen LogP contribution in [0.1, 0.15) is 29.6 Å². The summed E-state index contributed by atoms with van der Waals surface area (Å²) >= 11 is 0. The molecule has 0 spiro atoms. The van der Waals surface area contributed by atoms with Crippen molar-refractivity contribution in [3.63, 3.8) is 0 Å². The summed E-state index contributed by atoms with van der Waals surface area (Å²) < 4.78 is 7.07. The van der Waals surface area contributed by atoms with Crippen molar-refractivity contribution < 1.29 is 9.53 Å². The number of imidazole rings is 1. The molecule has 0 amide bonds. The number of methoxy groups -OCH3 is 1. The zero-order chi connectivity index (χ0) is 20.9. The summed E-state index contributed by atoms with van der Waals surface area (Å²) in [5.74, 6) is 0.0368. The Hall–Kier alpha value is -2.86. The maximum atomic E-state index is 13.0. The van der Waals surface area contributed by atoms with Gasteiger partial charge >= 0.3 is 6.01 Å². The van der Waals surface area contributed by atoms with Gasteiger partial charge in [0.05, 0.1) is 18.1 Å². The minimum atomic E-state index is 0.0368. The van der Waals surface area contributed by atoms with Gasteiger partial charge in [-0.25, -0.2) is 4.57 Å². The Morgan fingerprint density at radius 2 is 1.80 bits per heavy atom. The molecule has 1 aromatic heterocycles. The Morgan fingerprint density at radius 3 is 2.53 bits per heavy atom. The number of nitrogens with zero attached hydrogens (tertiary/aromatic N) is 4. The first-order chi connectivity index (χ1) is 14.7. The molecule has 0 bridgehead atoms. The zero-order valence-corrected chi connectivity index (χ0v) is 17.9. The first-order valence-corrected chi connectivity index (χ1v) is 10.7. The number of hydrogen-bond donors (Lipinski definition) is 0. The summed E-state index contributed by atoms with van der Waals surface area (Å²) in [5, 5.41) is 0. The average Bonchev–Trinajstić information content (AvgIpc) is 3.16. The predicted molar refractivity (Wildman–Crippen MR) is 121 cm³/mol. The Bertz CT molecular complexity index is 991.